The van der Waals surface area contributed by atoms with Crippen LogP contribution in [0, 0.1) is 22.7 Å². The maximum atomic E-state index is 11.9. The Hall–Kier alpha value is -3.12. The Kier molecular flexibility index (Phi) is 3.26. The lowest BCUT2D eigenvalue weighted by Crippen LogP contribution is -2.15. The minimum absolute atomic E-state index is 0.120. The summed E-state index contributed by atoms with van der Waals surface area (Å²) in [7, 11) is 1.67. The smallest absolute Gasteiger partial charge is 0.258 e. The van der Waals surface area contributed by atoms with Crippen LogP contribution in [0.3, 0.4) is 0 Å². The van der Waals surface area contributed by atoms with Crippen molar-refractivity contribution in [2.45, 2.75) is 0 Å². The summed E-state index contributed by atoms with van der Waals surface area (Å²) >= 11 is 0. The molecule has 2 rings (SSSR count). The zero-order valence-electron chi connectivity index (χ0n) is 10.1. The van der Waals surface area contributed by atoms with Crippen molar-refractivity contribution in [1.82, 2.24) is 4.57 Å². The van der Waals surface area contributed by atoms with Gasteiger partial charge in [-0.25, -0.2) is 0 Å². The van der Waals surface area contributed by atoms with Gasteiger partial charge in [-0.15, -0.1) is 0 Å². The summed E-state index contributed by atoms with van der Waals surface area (Å²) in [4.78, 5) is 11.9. The number of nitrogens with zero attached hydrogens (tertiary/aromatic N) is 4. The third-order valence-corrected chi connectivity index (χ3v) is 2.62. The average molecular weight is 251 g/mol. The molecule has 0 saturated carbocycles. The molecule has 92 valence electrons. The normalized spacial score (nSPS) is 9.42. The molecule has 0 atom stereocenters. The topological polar surface area (TPSA) is 94.0 Å². The number of pyridine rings is 1. The molecule has 0 saturated heterocycles. The molecule has 0 spiro atoms. The number of hydrogen-bond acceptors (Lipinski definition) is 5. The fourth-order valence-electron chi connectivity index (χ4n) is 1.66. The molecule has 1 aromatic heterocycles. The number of fused-ring (bicyclic) bond motifs is 1. The van der Waals surface area contributed by atoms with E-state index in [2.05, 4.69) is 10.5 Å². The number of aromatic nitrogens is 1. The molecule has 1 aromatic carbocycles. The van der Waals surface area contributed by atoms with Gasteiger partial charge >= 0.3 is 0 Å². The summed E-state index contributed by atoms with van der Waals surface area (Å²) in [5.74, 6) is 0. The first-order valence-electron chi connectivity index (χ1n) is 5.39. The number of hydrazone groups is 1. The van der Waals surface area contributed by atoms with E-state index in [9.17, 15) is 4.79 Å². The van der Waals surface area contributed by atoms with Crippen LogP contribution in [-0.2, 0) is 7.05 Å². The Bertz CT molecular complexity index is 788. The zero-order valence-corrected chi connectivity index (χ0v) is 10.1. The van der Waals surface area contributed by atoms with Crippen LogP contribution in [-0.4, -0.2) is 10.3 Å². The highest BCUT2D eigenvalue weighted by Gasteiger charge is 2.04. The van der Waals surface area contributed by atoms with Crippen LogP contribution < -0.4 is 11.0 Å². The van der Waals surface area contributed by atoms with Crippen LogP contribution >= 0.6 is 0 Å². The van der Waals surface area contributed by atoms with Gasteiger partial charge in [-0.1, -0.05) is 6.07 Å². The van der Waals surface area contributed by atoms with Gasteiger partial charge in [-0.3, -0.25) is 10.2 Å². The van der Waals surface area contributed by atoms with Crippen molar-refractivity contribution in [3.8, 4) is 12.1 Å². The van der Waals surface area contributed by atoms with E-state index >= 15 is 0 Å². The molecule has 0 unspecified atom stereocenters. The number of benzene rings is 1. The molecule has 6 heteroatoms. The third kappa shape index (κ3) is 2.28. The van der Waals surface area contributed by atoms with Gasteiger partial charge < -0.3 is 4.57 Å². The van der Waals surface area contributed by atoms with Gasteiger partial charge in [0, 0.05) is 24.0 Å². The second-order valence-corrected chi connectivity index (χ2v) is 3.79. The minimum atomic E-state index is -0.277. The third-order valence-electron chi connectivity index (χ3n) is 2.62. The number of anilines is 1. The van der Waals surface area contributed by atoms with E-state index in [4.69, 9.17) is 10.5 Å². The molecule has 1 N–H and O–H groups in total. The molecule has 0 aliphatic heterocycles. The van der Waals surface area contributed by atoms with Crippen molar-refractivity contribution in [3.63, 3.8) is 0 Å². The summed E-state index contributed by atoms with van der Waals surface area (Å²) in [6, 6.07) is 10.2. The van der Waals surface area contributed by atoms with Gasteiger partial charge in [-0.2, -0.15) is 15.6 Å². The first-order valence-corrected chi connectivity index (χ1v) is 5.39. The molecule has 0 aliphatic rings. The Morgan fingerprint density at radius 3 is 2.68 bits per heavy atom. The number of hydrogen-bond donors (Lipinski definition) is 1. The van der Waals surface area contributed by atoms with Gasteiger partial charge in [0.05, 0.1) is 5.69 Å². The fourth-order valence-corrected chi connectivity index (χ4v) is 1.66. The van der Waals surface area contributed by atoms with Crippen LogP contribution in [0.25, 0.3) is 10.8 Å². The van der Waals surface area contributed by atoms with E-state index < -0.39 is 0 Å². The summed E-state index contributed by atoms with van der Waals surface area (Å²) in [5.41, 5.74) is 2.80. The second-order valence-electron chi connectivity index (χ2n) is 3.79. The quantitative estimate of drug-likeness (QED) is 0.644. The molecule has 0 amide bonds. The largest absolute Gasteiger partial charge is 0.318 e. The summed E-state index contributed by atoms with van der Waals surface area (Å²) in [5, 5.41) is 22.1. The Labute approximate surface area is 108 Å². The Morgan fingerprint density at radius 1 is 1.26 bits per heavy atom. The molecule has 0 radical (unpaired) electrons. The molecule has 6 nitrogen and oxygen atoms in total. The predicted molar refractivity (Wildman–Crippen MR) is 71.5 cm³/mol. The van der Waals surface area contributed by atoms with Crippen molar-refractivity contribution >= 4 is 22.2 Å². The van der Waals surface area contributed by atoms with Gasteiger partial charge in [-0.05, 0) is 18.2 Å². The van der Waals surface area contributed by atoms with Crippen molar-refractivity contribution in [2.24, 2.45) is 12.1 Å². The van der Waals surface area contributed by atoms with E-state index in [-0.39, 0.29) is 11.3 Å². The first kappa shape index (κ1) is 12.3. The highest BCUT2D eigenvalue weighted by atomic mass is 16.1. The van der Waals surface area contributed by atoms with Crippen molar-refractivity contribution in [3.05, 3.63) is 40.8 Å². The van der Waals surface area contributed by atoms with Crippen LogP contribution in [0.5, 0.6) is 0 Å². The van der Waals surface area contributed by atoms with Crippen molar-refractivity contribution in [2.75, 3.05) is 5.43 Å². The van der Waals surface area contributed by atoms with Gasteiger partial charge in [0.1, 0.15) is 12.1 Å². The van der Waals surface area contributed by atoms with Crippen LogP contribution in [0.1, 0.15) is 0 Å². The van der Waals surface area contributed by atoms with E-state index in [0.29, 0.717) is 16.5 Å². The van der Waals surface area contributed by atoms with Crippen LogP contribution in [0.2, 0.25) is 0 Å². The molecule has 2 aromatic rings. The van der Waals surface area contributed by atoms with E-state index in [1.165, 1.54) is 4.57 Å². The lowest BCUT2D eigenvalue weighted by atomic mass is 10.1. The van der Waals surface area contributed by atoms with Gasteiger partial charge in [0.15, 0.2) is 0 Å². The lowest BCUT2D eigenvalue weighted by Gasteiger charge is -2.06. The summed E-state index contributed by atoms with van der Waals surface area (Å²) < 4.78 is 1.48. The number of nitrogens with one attached hydrogen (secondary N) is 1. The van der Waals surface area contributed by atoms with E-state index in [1.54, 1.807) is 49.6 Å². The van der Waals surface area contributed by atoms with Crippen molar-refractivity contribution in [1.29, 1.82) is 10.5 Å². The number of aryl methyl sites for hydroxylation is 1. The SMILES string of the molecule is Cn1ccc2c(NN=C(C#N)C#N)cccc2c1=O. The molecular weight excluding hydrogens is 242 g/mol. The maximum absolute atomic E-state index is 11.9. The monoisotopic (exact) mass is 251 g/mol. The van der Waals surface area contributed by atoms with E-state index in [1.807, 2.05) is 0 Å². The Balaban J connectivity index is 2.56. The maximum Gasteiger partial charge on any atom is 0.258 e. The Morgan fingerprint density at radius 2 is 2.00 bits per heavy atom. The summed E-state index contributed by atoms with van der Waals surface area (Å²) in [6.45, 7) is 0. The minimum Gasteiger partial charge on any atom is -0.318 e. The molecule has 0 bridgehead atoms. The van der Waals surface area contributed by atoms with Gasteiger partial charge in [0.2, 0.25) is 5.71 Å². The second kappa shape index (κ2) is 5.03. The van der Waals surface area contributed by atoms with E-state index in [0.717, 1.165) is 0 Å². The number of rotatable bonds is 2. The molecular formula is C13H9N5O. The van der Waals surface area contributed by atoms with Crippen LogP contribution in [0.4, 0.5) is 5.69 Å². The highest BCUT2D eigenvalue weighted by molar-refractivity contribution is 6.10. The number of nitriles is 2. The van der Waals surface area contributed by atoms with Gasteiger partial charge in [0.25, 0.3) is 5.56 Å². The summed E-state index contributed by atoms with van der Waals surface area (Å²) in [6.07, 6.45) is 1.65. The predicted octanol–water partition coefficient (Wildman–Crippen LogP) is 1.35. The molecule has 1 heterocycles. The van der Waals surface area contributed by atoms with Crippen LogP contribution in [0.15, 0.2) is 40.4 Å². The lowest BCUT2D eigenvalue weighted by molar-refractivity contribution is 0.873. The first-order chi connectivity index (χ1) is 9.17. The average Bonchev–Trinajstić information content (AvgIpc) is 2.44. The molecule has 19 heavy (non-hydrogen) atoms. The molecule has 0 aliphatic carbocycles. The fraction of sp³-hybridized carbons (Fsp3) is 0.0769. The zero-order chi connectivity index (χ0) is 13.8. The standard InChI is InChI=1S/C13H9N5O/c1-18-6-5-10-11(13(18)19)3-2-4-12(10)17-16-9(7-14)8-15/h2-6,17H,1H3. The molecule has 0 fully saturated rings. The van der Waals surface area contributed by atoms with Crippen molar-refractivity contribution < 1.29 is 0 Å². The highest BCUT2D eigenvalue weighted by Crippen LogP contribution is 2.20.